The fraction of sp³-hybridized carbons (Fsp3) is 0.917. The van der Waals surface area contributed by atoms with Crippen molar-refractivity contribution in [2.45, 2.75) is 51.5 Å². The molecule has 3 heteroatoms. The van der Waals surface area contributed by atoms with Gasteiger partial charge in [-0.05, 0) is 32.2 Å². The van der Waals surface area contributed by atoms with Gasteiger partial charge in [0.05, 0.1) is 0 Å². The van der Waals surface area contributed by atoms with E-state index in [1.54, 1.807) is 0 Å². The van der Waals surface area contributed by atoms with Crippen LogP contribution in [-0.2, 0) is 4.79 Å². The van der Waals surface area contributed by atoms with Gasteiger partial charge >= 0.3 is 0 Å². The molecule has 15 heavy (non-hydrogen) atoms. The van der Waals surface area contributed by atoms with Crippen LogP contribution in [0.3, 0.4) is 0 Å². The second-order valence-corrected chi connectivity index (χ2v) is 5.28. The minimum absolute atomic E-state index is 0.0720. The van der Waals surface area contributed by atoms with Gasteiger partial charge in [0.1, 0.15) is 0 Å². The molecule has 2 aliphatic rings. The van der Waals surface area contributed by atoms with E-state index in [9.17, 15) is 4.79 Å². The molecule has 1 atom stereocenters. The molecule has 1 saturated carbocycles. The van der Waals surface area contributed by atoms with Gasteiger partial charge in [0.25, 0.3) is 0 Å². The molecule has 2 rings (SSSR count). The molecule has 0 spiro atoms. The summed E-state index contributed by atoms with van der Waals surface area (Å²) >= 11 is 0. The van der Waals surface area contributed by atoms with Gasteiger partial charge in [-0.1, -0.05) is 19.8 Å². The molecule has 1 saturated heterocycles. The van der Waals surface area contributed by atoms with Crippen molar-refractivity contribution in [1.29, 1.82) is 0 Å². The standard InChI is InChI=1S/C12H22N2O/c1-12(6-2-3-7-12)11(15)14-10-5-4-8-13-9-10/h10,13H,2-9H2,1H3,(H,14,15)/t10-/m1/s1. The lowest BCUT2D eigenvalue weighted by molar-refractivity contribution is -0.130. The van der Waals surface area contributed by atoms with Crippen LogP contribution in [0.4, 0.5) is 0 Å². The van der Waals surface area contributed by atoms with Gasteiger partial charge in [0.2, 0.25) is 5.91 Å². The third-order valence-electron chi connectivity index (χ3n) is 3.89. The van der Waals surface area contributed by atoms with Crippen molar-refractivity contribution in [2.75, 3.05) is 13.1 Å². The summed E-state index contributed by atoms with van der Waals surface area (Å²) in [5.74, 6) is 0.286. The molecule has 0 aromatic carbocycles. The Morgan fingerprint density at radius 3 is 2.67 bits per heavy atom. The molecule has 0 unspecified atom stereocenters. The van der Waals surface area contributed by atoms with Crippen LogP contribution >= 0.6 is 0 Å². The van der Waals surface area contributed by atoms with E-state index in [2.05, 4.69) is 17.6 Å². The summed E-state index contributed by atoms with van der Waals surface area (Å²) in [6.07, 6.45) is 6.88. The first-order valence-corrected chi connectivity index (χ1v) is 6.22. The third kappa shape index (κ3) is 2.51. The van der Waals surface area contributed by atoms with E-state index in [-0.39, 0.29) is 11.3 Å². The molecule has 86 valence electrons. The second-order valence-electron chi connectivity index (χ2n) is 5.28. The van der Waals surface area contributed by atoms with Crippen LogP contribution < -0.4 is 10.6 Å². The van der Waals surface area contributed by atoms with Crippen molar-refractivity contribution in [3.05, 3.63) is 0 Å². The van der Waals surface area contributed by atoms with Gasteiger partial charge in [-0.2, -0.15) is 0 Å². The van der Waals surface area contributed by atoms with Crippen molar-refractivity contribution in [3.8, 4) is 0 Å². The highest BCUT2D eigenvalue weighted by molar-refractivity contribution is 5.82. The number of carbonyl (C=O) groups excluding carboxylic acids is 1. The average Bonchev–Trinajstić information content (AvgIpc) is 2.68. The van der Waals surface area contributed by atoms with Gasteiger partial charge in [-0.25, -0.2) is 0 Å². The molecular weight excluding hydrogens is 188 g/mol. The quantitative estimate of drug-likeness (QED) is 0.724. The number of carbonyl (C=O) groups is 1. The molecule has 1 aliphatic heterocycles. The van der Waals surface area contributed by atoms with Crippen LogP contribution in [0, 0.1) is 5.41 Å². The fourth-order valence-corrected chi connectivity index (χ4v) is 2.72. The fourth-order valence-electron chi connectivity index (χ4n) is 2.72. The molecule has 3 nitrogen and oxygen atoms in total. The zero-order valence-corrected chi connectivity index (χ0v) is 9.64. The SMILES string of the molecule is CC1(C(=O)N[C@@H]2CCCNC2)CCCC1. The zero-order chi connectivity index (χ0) is 10.7. The highest BCUT2D eigenvalue weighted by Gasteiger charge is 2.36. The van der Waals surface area contributed by atoms with Crippen molar-refractivity contribution < 1.29 is 4.79 Å². The summed E-state index contributed by atoms with van der Waals surface area (Å²) in [5, 5.41) is 6.53. The highest BCUT2D eigenvalue weighted by atomic mass is 16.2. The second kappa shape index (κ2) is 4.52. The summed E-state index contributed by atoms with van der Waals surface area (Å²) < 4.78 is 0. The van der Waals surface area contributed by atoms with Crippen molar-refractivity contribution in [3.63, 3.8) is 0 Å². The molecule has 0 aromatic heterocycles. The topological polar surface area (TPSA) is 41.1 Å². The van der Waals surface area contributed by atoms with E-state index in [0.717, 1.165) is 32.4 Å². The number of hydrogen-bond donors (Lipinski definition) is 2. The monoisotopic (exact) mass is 210 g/mol. The summed E-state index contributed by atoms with van der Waals surface area (Å²) in [5.41, 5.74) is -0.0720. The lowest BCUT2D eigenvalue weighted by atomic mass is 9.87. The Hall–Kier alpha value is -0.570. The minimum Gasteiger partial charge on any atom is -0.352 e. The summed E-state index contributed by atoms with van der Waals surface area (Å²) in [4.78, 5) is 12.1. The normalized spacial score (nSPS) is 30.1. The number of rotatable bonds is 2. The Morgan fingerprint density at radius 2 is 2.07 bits per heavy atom. The van der Waals surface area contributed by atoms with E-state index in [1.807, 2.05) is 0 Å². The Bertz CT molecular complexity index is 228. The van der Waals surface area contributed by atoms with E-state index in [1.165, 1.54) is 19.3 Å². The maximum atomic E-state index is 12.1. The zero-order valence-electron chi connectivity index (χ0n) is 9.64. The maximum Gasteiger partial charge on any atom is 0.226 e. The molecular formula is C12H22N2O. The number of amides is 1. The third-order valence-corrected chi connectivity index (χ3v) is 3.89. The predicted molar refractivity (Wildman–Crippen MR) is 60.6 cm³/mol. The Kier molecular flexibility index (Phi) is 3.29. The van der Waals surface area contributed by atoms with Gasteiger partial charge < -0.3 is 10.6 Å². The van der Waals surface area contributed by atoms with Gasteiger partial charge in [0, 0.05) is 18.0 Å². The summed E-state index contributed by atoms with van der Waals surface area (Å²) in [6, 6.07) is 0.365. The summed E-state index contributed by atoms with van der Waals surface area (Å²) in [6.45, 7) is 4.16. The Balaban J connectivity index is 1.85. The molecule has 1 amide bonds. The van der Waals surface area contributed by atoms with Gasteiger partial charge in [0.15, 0.2) is 0 Å². The molecule has 1 aliphatic carbocycles. The van der Waals surface area contributed by atoms with Crippen LogP contribution in [0.15, 0.2) is 0 Å². The van der Waals surface area contributed by atoms with Crippen molar-refractivity contribution in [1.82, 2.24) is 10.6 Å². The first kappa shape index (κ1) is 10.9. The van der Waals surface area contributed by atoms with Crippen LogP contribution in [0.25, 0.3) is 0 Å². The number of piperidine rings is 1. The van der Waals surface area contributed by atoms with Crippen LogP contribution in [0.2, 0.25) is 0 Å². The molecule has 2 N–H and O–H groups in total. The maximum absolute atomic E-state index is 12.1. The van der Waals surface area contributed by atoms with E-state index < -0.39 is 0 Å². The van der Waals surface area contributed by atoms with Gasteiger partial charge in [-0.3, -0.25) is 4.79 Å². The van der Waals surface area contributed by atoms with Crippen LogP contribution in [-0.4, -0.2) is 25.0 Å². The molecule has 0 aromatic rings. The van der Waals surface area contributed by atoms with E-state index in [0.29, 0.717) is 6.04 Å². The van der Waals surface area contributed by atoms with Crippen LogP contribution in [0.1, 0.15) is 45.4 Å². The van der Waals surface area contributed by atoms with Crippen molar-refractivity contribution in [2.24, 2.45) is 5.41 Å². The number of hydrogen-bond acceptors (Lipinski definition) is 2. The Labute approximate surface area is 92.0 Å². The Morgan fingerprint density at radius 1 is 1.33 bits per heavy atom. The van der Waals surface area contributed by atoms with Gasteiger partial charge in [-0.15, -0.1) is 0 Å². The summed E-state index contributed by atoms with van der Waals surface area (Å²) in [7, 11) is 0. The smallest absolute Gasteiger partial charge is 0.226 e. The lowest BCUT2D eigenvalue weighted by Crippen LogP contribution is -2.49. The highest BCUT2D eigenvalue weighted by Crippen LogP contribution is 2.37. The molecule has 0 radical (unpaired) electrons. The first-order valence-electron chi connectivity index (χ1n) is 6.22. The average molecular weight is 210 g/mol. The van der Waals surface area contributed by atoms with Crippen molar-refractivity contribution >= 4 is 5.91 Å². The minimum atomic E-state index is -0.0720. The largest absolute Gasteiger partial charge is 0.352 e. The first-order chi connectivity index (χ1) is 7.21. The molecule has 2 fully saturated rings. The van der Waals surface area contributed by atoms with E-state index >= 15 is 0 Å². The number of nitrogens with one attached hydrogen (secondary N) is 2. The lowest BCUT2D eigenvalue weighted by Gasteiger charge is -2.29. The predicted octanol–water partition coefficient (Wildman–Crippen LogP) is 1.43. The van der Waals surface area contributed by atoms with E-state index in [4.69, 9.17) is 0 Å². The molecule has 0 bridgehead atoms. The molecule has 1 heterocycles. The van der Waals surface area contributed by atoms with Crippen LogP contribution in [0.5, 0.6) is 0 Å².